The van der Waals surface area contributed by atoms with Gasteiger partial charge in [0.15, 0.2) is 5.82 Å². The van der Waals surface area contributed by atoms with Crippen LogP contribution in [0.4, 0.5) is 5.82 Å². The summed E-state index contributed by atoms with van der Waals surface area (Å²) in [5.41, 5.74) is 0.989. The van der Waals surface area contributed by atoms with Gasteiger partial charge in [-0.15, -0.1) is 0 Å². The summed E-state index contributed by atoms with van der Waals surface area (Å²) in [4.78, 5) is 14.0. The third-order valence-electron chi connectivity index (χ3n) is 5.09. The molecule has 1 atom stereocenters. The second-order valence-corrected chi connectivity index (χ2v) is 7.74. The van der Waals surface area contributed by atoms with Gasteiger partial charge in [-0.3, -0.25) is 0 Å². The average molecular weight is 357 g/mol. The van der Waals surface area contributed by atoms with Gasteiger partial charge in [0.05, 0.1) is 0 Å². The van der Waals surface area contributed by atoms with Gasteiger partial charge in [-0.1, -0.05) is 19.0 Å². The Morgan fingerprint density at radius 3 is 2.50 bits per heavy atom. The number of ether oxygens (including phenoxy) is 1. The minimum Gasteiger partial charge on any atom is -0.381 e. The van der Waals surface area contributed by atoms with Crippen molar-refractivity contribution in [2.45, 2.75) is 64.3 Å². The van der Waals surface area contributed by atoms with E-state index in [1.807, 2.05) is 13.0 Å². The largest absolute Gasteiger partial charge is 0.381 e. The fraction of sp³-hybridized carbons (Fsp3) is 0.684. The zero-order chi connectivity index (χ0) is 18.1. The van der Waals surface area contributed by atoms with Crippen molar-refractivity contribution in [3.05, 3.63) is 29.3 Å². The van der Waals surface area contributed by atoms with E-state index in [4.69, 9.17) is 14.2 Å². The summed E-state index contributed by atoms with van der Waals surface area (Å²) in [5, 5.41) is 7.73. The molecule has 0 spiro atoms. The van der Waals surface area contributed by atoms with Crippen LogP contribution in [-0.4, -0.2) is 33.3 Å². The quantitative estimate of drug-likeness (QED) is 0.842. The van der Waals surface area contributed by atoms with E-state index in [2.05, 4.69) is 34.3 Å². The molecule has 0 radical (unpaired) electrons. The highest BCUT2D eigenvalue weighted by molar-refractivity contribution is 5.39. The molecule has 140 valence electrons. The van der Waals surface area contributed by atoms with Gasteiger partial charge in [-0.2, -0.15) is 4.98 Å². The summed E-state index contributed by atoms with van der Waals surface area (Å²) in [5.74, 6) is 4.33. The topological polar surface area (TPSA) is 86.0 Å². The number of rotatable bonds is 6. The molecule has 2 fully saturated rings. The molecule has 3 heterocycles. The first-order valence-corrected chi connectivity index (χ1v) is 9.63. The minimum absolute atomic E-state index is 0.0553. The van der Waals surface area contributed by atoms with Crippen molar-refractivity contribution in [3.63, 3.8) is 0 Å². The fourth-order valence-electron chi connectivity index (χ4n) is 3.39. The van der Waals surface area contributed by atoms with E-state index in [-0.39, 0.29) is 12.0 Å². The Labute approximate surface area is 154 Å². The van der Waals surface area contributed by atoms with E-state index in [0.717, 1.165) is 49.2 Å². The van der Waals surface area contributed by atoms with E-state index in [9.17, 15) is 0 Å². The second-order valence-electron chi connectivity index (χ2n) is 7.74. The Kier molecular flexibility index (Phi) is 4.89. The molecule has 7 heteroatoms. The number of hydrogen-bond acceptors (Lipinski definition) is 7. The van der Waals surface area contributed by atoms with Crippen LogP contribution in [0.3, 0.4) is 0 Å². The number of aryl methyl sites for hydroxylation is 1. The highest BCUT2D eigenvalue weighted by Crippen LogP contribution is 2.39. The van der Waals surface area contributed by atoms with Gasteiger partial charge in [0.25, 0.3) is 0 Å². The molecule has 26 heavy (non-hydrogen) atoms. The summed E-state index contributed by atoms with van der Waals surface area (Å²) in [6.07, 6.45) is 4.31. The first-order valence-electron chi connectivity index (χ1n) is 9.63. The molecular formula is C19H27N5O2. The van der Waals surface area contributed by atoms with Crippen molar-refractivity contribution in [1.29, 1.82) is 0 Å². The Bertz CT molecular complexity index is 750. The normalized spacial score (nSPS) is 19.7. The molecule has 1 N–H and O–H groups in total. The first kappa shape index (κ1) is 17.4. The van der Waals surface area contributed by atoms with Gasteiger partial charge in [0.2, 0.25) is 5.89 Å². The lowest BCUT2D eigenvalue weighted by Crippen LogP contribution is -2.28. The fourth-order valence-corrected chi connectivity index (χ4v) is 3.39. The predicted molar refractivity (Wildman–Crippen MR) is 97.0 cm³/mol. The summed E-state index contributed by atoms with van der Waals surface area (Å²) in [6.45, 7) is 7.70. The Morgan fingerprint density at radius 1 is 1.08 bits per heavy atom. The standard InChI is InChI=1S/C19H27N5O2/c1-11(2)17-23-19(26-24-17)16(13-6-8-25-9-7-13)21-15-10-12(3)20-18(22-15)14-4-5-14/h10-11,13-14,16H,4-9H2,1-3H3,(H,20,21,22)/t16-/m0/s1. The van der Waals surface area contributed by atoms with Crippen LogP contribution in [0.2, 0.25) is 0 Å². The molecule has 0 bridgehead atoms. The van der Waals surface area contributed by atoms with Gasteiger partial charge in [-0.25, -0.2) is 9.97 Å². The van der Waals surface area contributed by atoms with Crippen molar-refractivity contribution >= 4 is 5.82 Å². The van der Waals surface area contributed by atoms with E-state index in [1.165, 1.54) is 12.8 Å². The lowest BCUT2D eigenvalue weighted by molar-refractivity contribution is 0.0570. The summed E-state index contributed by atoms with van der Waals surface area (Å²) in [6, 6.07) is 1.94. The van der Waals surface area contributed by atoms with Crippen LogP contribution in [0, 0.1) is 12.8 Å². The van der Waals surface area contributed by atoms with Crippen molar-refractivity contribution in [3.8, 4) is 0 Å². The summed E-state index contributed by atoms with van der Waals surface area (Å²) >= 11 is 0. The molecule has 0 unspecified atom stereocenters. The molecular weight excluding hydrogens is 330 g/mol. The molecule has 1 aliphatic heterocycles. The molecule has 2 aromatic rings. The predicted octanol–water partition coefficient (Wildman–Crippen LogP) is 3.75. The Morgan fingerprint density at radius 2 is 1.85 bits per heavy atom. The van der Waals surface area contributed by atoms with Crippen LogP contribution in [0.15, 0.2) is 10.6 Å². The monoisotopic (exact) mass is 357 g/mol. The molecule has 0 amide bonds. The highest BCUT2D eigenvalue weighted by atomic mass is 16.5. The lowest BCUT2D eigenvalue weighted by atomic mass is 9.91. The van der Waals surface area contributed by atoms with Gasteiger partial charge >= 0.3 is 0 Å². The lowest BCUT2D eigenvalue weighted by Gasteiger charge is -2.29. The maximum Gasteiger partial charge on any atom is 0.249 e. The van der Waals surface area contributed by atoms with Crippen molar-refractivity contribution in [2.75, 3.05) is 18.5 Å². The summed E-state index contributed by atoms with van der Waals surface area (Å²) < 4.78 is 11.2. The number of anilines is 1. The van der Waals surface area contributed by atoms with Crippen LogP contribution >= 0.6 is 0 Å². The number of aromatic nitrogens is 4. The third-order valence-corrected chi connectivity index (χ3v) is 5.09. The smallest absolute Gasteiger partial charge is 0.249 e. The van der Waals surface area contributed by atoms with E-state index < -0.39 is 0 Å². The summed E-state index contributed by atoms with van der Waals surface area (Å²) in [7, 11) is 0. The van der Waals surface area contributed by atoms with E-state index >= 15 is 0 Å². The maximum absolute atomic E-state index is 5.63. The average Bonchev–Trinajstić information content (AvgIpc) is 3.37. The van der Waals surface area contributed by atoms with Crippen LogP contribution in [0.25, 0.3) is 0 Å². The maximum atomic E-state index is 5.63. The van der Waals surface area contributed by atoms with Gasteiger partial charge in [0.1, 0.15) is 17.7 Å². The third kappa shape index (κ3) is 3.87. The number of hydrogen-bond donors (Lipinski definition) is 1. The zero-order valence-electron chi connectivity index (χ0n) is 15.7. The molecule has 4 rings (SSSR count). The van der Waals surface area contributed by atoms with Crippen LogP contribution in [0.5, 0.6) is 0 Å². The van der Waals surface area contributed by atoms with Gasteiger partial charge in [-0.05, 0) is 38.5 Å². The van der Waals surface area contributed by atoms with E-state index in [0.29, 0.717) is 17.7 Å². The zero-order valence-corrected chi connectivity index (χ0v) is 15.7. The number of nitrogens with zero attached hydrogens (tertiary/aromatic N) is 4. The second kappa shape index (κ2) is 7.31. The molecule has 1 saturated carbocycles. The molecule has 1 saturated heterocycles. The highest BCUT2D eigenvalue weighted by Gasteiger charge is 2.32. The Hall–Kier alpha value is -2.02. The minimum atomic E-state index is -0.0553. The first-order chi connectivity index (χ1) is 12.6. The molecule has 1 aliphatic carbocycles. The van der Waals surface area contributed by atoms with Gasteiger partial charge in [0, 0.05) is 36.8 Å². The van der Waals surface area contributed by atoms with Crippen LogP contribution < -0.4 is 5.32 Å². The number of nitrogens with one attached hydrogen (secondary N) is 1. The Balaban J connectivity index is 1.61. The van der Waals surface area contributed by atoms with Crippen molar-refractivity contribution in [1.82, 2.24) is 20.1 Å². The SMILES string of the molecule is Cc1cc(N[C@H](c2nc(C(C)C)no2)C2CCOCC2)nc(C2CC2)n1. The van der Waals surface area contributed by atoms with Gasteiger partial charge < -0.3 is 14.6 Å². The van der Waals surface area contributed by atoms with Crippen molar-refractivity contribution < 1.29 is 9.26 Å². The van der Waals surface area contributed by atoms with Crippen LogP contribution in [0.1, 0.15) is 80.6 Å². The van der Waals surface area contributed by atoms with Crippen LogP contribution in [-0.2, 0) is 4.74 Å². The van der Waals surface area contributed by atoms with Crippen molar-refractivity contribution in [2.24, 2.45) is 5.92 Å². The molecule has 2 aromatic heterocycles. The molecule has 7 nitrogen and oxygen atoms in total. The van der Waals surface area contributed by atoms with E-state index in [1.54, 1.807) is 0 Å². The molecule has 0 aromatic carbocycles. The molecule has 2 aliphatic rings.